The number of carbonyl (C=O) groups is 1. The molecule has 8 nitrogen and oxygen atoms in total. The number of methoxy groups -OCH3 is 1. The number of hydrogen-bond acceptors (Lipinski definition) is 6. The second-order valence-electron chi connectivity index (χ2n) is 7.59. The van der Waals surface area contributed by atoms with Gasteiger partial charge in [-0.05, 0) is 45.6 Å². The van der Waals surface area contributed by atoms with E-state index in [4.69, 9.17) is 4.74 Å². The summed E-state index contributed by atoms with van der Waals surface area (Å²) in [5.74, 6) is 0.107. The van der Waals surface area contributed by atoms with E-state index in [1.807, 2.05) is 7.05 Å². The van der Waals surface area contributed by atoms with Crippen molar-refractivity contribution in [3.63, 3.8) is 0 Å². The van der Waals surface area contributed by atoms with Gasteiger partial charge in [-0.3, -0.25) is 4.79 Å². The predicted octanol–water partition coefficient (Wildman–Crippen LogP) is 1.79. The van der Waals surface area contributed by atoms with Gasteiger partial charge in [-0.1, -0.05) is 0 Å². The lowest BCUT2D eigenvalue weighted by Crippen LogP contribution is -2.39. The molecule has 1 fully saturated rings. The minimum Gasteiger partial charge on any atom is -0.384 e. The molecular formula is C19H27N5O3. The van der Waals surface area contributed by atoms with Crippen molar-refractivity contribution in [1.29, 1.82) is 0 Å². The molecule has 0 atom stereocenters. The number of rotatable bonds is 5. The quantitative estimate of drug-likeness (QED) is 0.828. The zero-order valence-corrected chi connectivity index (χ0v) is 16.3. The fraction of sp³-hybridized carbons (Fsp3) is 0.579. The third kappa shape index (κ3) is 4.51. The number of amides is 1. The number of nitrogens with one attached hydrogen (secondary N) is 1. The van der Waals surface area contributed by atoms with Crippen LogP contribution in [-0.4, -0.2) is 49.8 Å². The van der Waals surface area contributed by atoms with Crippen LogP contribution in [0.1, 0.15) is 55.7 Å². The molecule has 0 aromatic carbocycles. The number of ether oxygens (including phenoxy) is 1. The predicted molar refractivity (Wildman–Crippen MR) is 100.0 cm³/mol. The Morgan fingerprint density at radius 2 is 2.00 bits per heavy atom. The maximum atomic E-state index is 12.8. The molecule has 1 aliphatic rings. The van der Waals surface area contributed by atoms with Gasteiger partial charge in [0.15, 0.2) is 5.82 Å². The van der Waals surface area contributed by atoms with Gasteiger partial charge >= 0.3 is 0 Å². The molecule has 0 unspecified atom stereocenters. The summed E-state index contributed by atoms with van der Waals surface area (Å²) in [6.07, 6.45) is 7.17. The van der Waals surface area contributed by atoms with Crippen LogP contribution in [0, 0.1) is 0 Å². The van der Waals surface area contributed by atoms with Gasteiger partial charge in [0.1, 0.15) is 17.0 Å². The van der Waals surface area contributed by atoms with Gasteiger partial charge < -0.3 is 19.7 Å². The van der Waals surface area contributed by atoms with Crippen LogP contribution in [0.3, 0.4) is 0 Å². The summed E-state index contributed by atoms with van der Waals surface area (Å²) >= 11 is 0. The molecule has 27 heavy (non-hydrogen) atoms. The van der Waals surface area contributed by atoms with E-state index < -0.39 is 5.60 Å². The molecule has 146 valence electrons. The van der Waals surface area contributed by atoms with Crippen molar-refractivity contribution in [3.8, 4) is 11.5 Å². The van der Waals surface area contributed by atoms with Crippen LogP contribution in [-0.2, 0) is 17.4 Å². The lowest BCUT2D eigenvalue weighted by atomic mass is 9.93. The number of aliphatic hydroxyl groups is 1. The van der Waals surface area contributed by atoms with E-state index >= 15 is 0 Å². The lowest BCUT2D eigenvalue weighted by molar-refractivity contribution is 0.0597. The highest BCUT2D eigenvalue weighted by Gasteiger charge is 2.26. The molecule has 1 aliphatic carbocycles. The number of hydrogen-bond donors (Lipinski definition) is 2. The summed E-state index contributed by atoms with van der Waals surface area (Å²) in [5, 5.41) is 13.5. The molecule has 2 aromatic heterocycles. The first-order valence-corrected chi connectivity index (χ1v) is 9.20. The Hall–Kier alpha value is -2.32. The van der Waals surface area contributed by atoms with Crippen molar-refractivity contribution < 1.29 is 14.6 Å². The van der Waals surface area contributed by atoms with Gasteiger partial charge in [0.2, 0.25) is 0 Å². The largest absolute Gasteiger partial charge is 0.384 e. The van der Waals surface area contributed by atoms with Crippen LogP contribution in [0.4, 0.5) is 0 Å². The lowest BCUT2D eigenvalue weighted by Gasteiger charge is -2.28. The Bertz CT molecular complexity index is 804. The van der Waals surface area contributed by atoms with Crippen molar-refractivity contribution in [3.05, 3.63) is 30.0 Å². The Balaban J connectivity index is 1.85. The highest BCUT2D eigenvalue weighted by molar-refractivity contribution is 5.93. The average Bonchev–Trinajstić information content (AvgIpc) is 3.07. The maximum absolute atomic E-state index is 12.8. The van der Waals surface area contributed by atoms with E-state index in [1.54, 1.807) is 44.1 Å². The van der Waals surface area contributed by atoms with Crippen molar-refractivity contribution in [2.45, 2.75) is 57.3 Å². The molecule has 0 bridgehead atoms. The monoisotopic (exact) mass is 373 g/mol. The molecule has 0 aliphatic heterocycles. The number of carbonyl (C=O) groups excluding carboxylic acids is 1. The first-order chi connectivity index (χ1) is 12.8. The molecule has 2 N–H and O–H groups in total. The van der Waals surface area contributed by atoms with Crippen LogP contribution in [0.15, 0.2) is 18.6 Å². The molecule has 1 saturated carbocycles. The summed E-state index contributed by atoms with van der Waals surface area (Å²) in [6, 6.07) is 1.65. The van der Waals surface area contributed by atoms with Gasteiger partial charge in [0.25, 0.3) is 5.91 Å². The number of aryl methyl sites for hydroxylation is 1. The van der Waals surface area contributed by atoms with Gasteiger partial charge in [-0.25, -0.2) is 15.0 Å². The molecule has 0 radical (unpaired) electrons. The summed E-state index contributed by atoms with van der Waals surface area (Å²) < 4.78 is 7.16. The zero-order chi connectivity index (χ0) is 19.6. The van der Waals surface area contributed by atoms with Crippen molar-refractivity contribution in [1.82, 2.24) is 24.8 Å². The fourth-order valence-corrected chi connectivity index (χ4v) is 3.27. The third-order valence-electron chi connectivity index (χ3n) is 4.97. The van der Waals surface area contributed by atoms with Crippen molar-refractivity contribution in [2.24, 2.45) is 7.05 Å². The first kappa shape index (κ1) is 19.4. The van der Waals surface area contributed by atoms with E-state index in [9.17, 15) is 9.90 Å². The fourth-order valence-electron chi connectivity index (χ4n) is 3.27. The third-order valence-corrected chi connectivity index (χ3v) is 4.97. The highest BCUT2D eigenvalue weighted by atomic mass is 16.5. The molecule has 1 amide bonds. The standard InChI is InChI=1S/C19H27N5O3/c1-19(2,26)16-9-14(22-17(23-16)15-10-20-11-24(15)3)18(25)21-12-5-7-13(27-4)8-6-12/h9-13,26H,5-8H2,1-4H3,(H,21,25)/t12-,13-. The summed E-state index contributed by atoms with van der Waals surface area (Å²) in [6.45, 7) is 3.27. The molecule has 2 aromatic rings. The maximum Gasteiger partial charge on any atom is 0.270 e. The van der Waals surface area contributed by atoms with Crippen molar-refractivity contribution in [2.75, 3.05) is 7.11 Å². The van der Waals surface area contributed by atoms with E-state index in [2.05, 4.69) is 20.3 Å². The van der Waals surface area contributed by atoms with Crippen LogP contribution >= 0.6 is 0 Å². The Morgan fingerprint density at radius 1 is 1.30 bits per heavy atom. The summed E-state index contributed by atoms with van der Waals surface area (Å²) in [5.41, 5.74) is 0.117. The Kier molecular flexibility index (Phi) is 5.57. The minimum atomic E-state index is -1.19. The number of nitrogens with zero attached hydrogens (tertiary/aromatic N) is 4. The van der Waals surface area contributed by atoms with E-state index in [1.165, 1.54) is 0 Å². The van der Waals surface area contributed by atoms with Gasteiger partial charge in [-0.15, -0.1) is 0 Å². The normalized spacial score (nSPS) is 20.5. The molecule has 0 spiro atoms. The van der Waals surface area contributed by atoms with E-state index in [0.29, 0.717) is 17.2 Å². The van der Waals surface area contributed by atoms with E-state index in [0.717, 1.165) is 25.7 Å². The summed E-state index contributed by atoms with van der Waals surface area (Å²) in [7, 11) is 3.55. The topological polar surface area (TPSA) is 102 Å². The van der Waals surface area contributed by atoms with Gasteiger partial charge in [0.05, 0.1) is 24.3 Å². The van der Waals surface area contributed by atoms with Crippen LogP contribution in [0.2, 0.25) is 0 Å². The smallest absolute Gasteiger partial charge is 0.270 e. The molecular weight excluding hydrogens is 346 g/mol. The summed E-state index contributed by atoms with van der Waals surface area (Å²) in [4.78, 5) is 25.8. The van der Waals surface area contributed by atoms with Gasteiger partial charge in [0, 0.05) is 20.2 Å². The highest BCUT2D eigenvalue weighted by Crippen LogP contribution is 2.24. The second-order valence-corrected chi connectivity index (χ2v) is 7.59. The number of aromatic nitrogens is 4. The van der Waals surface area contributed by atoms with Crippen LogP contribution in [0.5, 0.6) is 0 Å². The molecule has 2 heterocycles. The average molecular weight is 373 g/mol. The van der Waals surface area contributed by atoms with Crippen LogP contribution < -0.4 is 5.32 Å². The van der Waals surface area contributed by atoms with E-state index in [-0.39, 0.29) is 23.7 Å². The minimum absolute atomic E-state index is 0.101. The Morgan fingerprint density at radius 3 is 2.56 bits per heavy atom. The molecule has 8 heteroatoms. The second kappa shape index (κ2) is 7.74. The molecule has 0 saturated heterocycles. The number of imidazole rings is 1. The first-order valence-electron chi connectivity index (χ1n) is 9.20. The van der Waals surface area contributed by atoms with Crippen molar-refractivity contribution >= 4 is 5.91 Å². The van der Waals surface area contributed by atoms with Gasteiger partial charge in [-0.2, -0.15) is 0 Å². The Labute approximate surface area is 159 Å². The SMILES string of the molecule is CO[C@H]1CC[C@H](NC(=O)c2cc(C(C)(C)O)nc(-c3cncn3C)n2)CC1. The zero-order valence-electron chi connectivity index (χ0n) is 16.3. The van der Waals surface area contributed by atoms with Crippen LogP contribution in [0.25, 0.3) is 11.5 Å². The molecule has 3 rings (SSSR count).